The smallest absolute Gasteiger partial charge is 0.176 e. The van der Waals surface area contributed by atoms with Gasteiger partial charge < -0.3 is 46.4 Å². The predicted octanol–water partition coefficient (Wildman–Crippen LogP) is 27.9. The lowest BCUT2D eigenvalue weighted by atomic mass is 9.88. The zero-order chi connectivity index (χ0) is 108. The second kappa shape index (κ2) is 49.1. The Morgan fingerprint density at radius 2 is 0.651 bits per heavy atom. The van der Waals surface area contributed by atoms with Gasteiger partial charge in [-0.1, -0.05) is 143 Å². The van der Waals surface area contributed by atoms with E-state index in [0.717, 1.165) is 25.7 Å². The molecule has 4 heterocycles. The molecule has 15 rings (SSSR count). The number of hydrogen-bond donors (Lipinski definition) is 5. The van der Waals surface area contributed by atoms with Gasteiger partial charge in [-0.3, -0.25) is 24.0 Å². The third kappa shape index (κ3) is 31.0. The molecule has 13 aromatic rings. The fourth-order valence-corrected chi connectivity index (χ4v) is 16.2. The summed E-state index contributed by atoms with van der Waals surface area (Å²) in [4.78, 5) is 84.8. The van der Waals surface area contributed by atoms with Crippen LogP contribution in [0.3, 0.4) is 0 Å². The van der Waals surface area contributed by atoms with Crippen LogP contribution >= 0.6 is 46.4 Å². The van der Waals surface area contributed by atoms with Crippen LogP contribution in [-0.4, -0.2) is 108 Å². The summed E-state index contributed by atoms with van der Waals surface area (Å²) in [6, 6.07) is 67.1. The zero-order valence-corrected chi connectivity index (χ0v) is 88.0. The third-order valence-corrected chi connectivity index (χ3v) is 26.8. The Labute approximate surface area is 882 Å². The summed E-state index contributed by atoms with van der Waals surface area (Å²) in [6.45, 7) is 19.8. The van der Waals surface area contributed by atoms with Crippen molar-refractivity contribution in [3.8, 4) is 68.0 Å². The fourth-order valence-electron chi connectivity index (χ4n) is 15.4. The second-order valence-electron chi connectivity index (χ2n) is 39.6. The lowest BCUT2D eigenvalue weighted by molar-refractivity contribution is 0.0924. The first kappa shape index (κ1) is 115. The molecule has 0 bridgehead atoms. The number of nitrogens with one attached hydrogen (secondary N) is 3. The molecule has 0 amide bonds. The molecule has 7 N–H and O–H groups in total. The minimum atomic E-state index is -2.06. The summed E-state index contributed by atoms with van der Waals surface area (Å²) in [7, 11) is 3.03. The Morgan fingerprint density at radius 1 is 0.369 bits per heavy atom. The average Bonchev–Trinajstić information content (AvgIpc) is 1.61. The van der Waals surface area contributed by atoms with Crippen molar-refractivity contribution in [2.45, 2.75) is 191 Å². The number of benzene rings is 9. The molecule has 149 heavy (non-hydrogen) atoms. The molecule has 2 saturated carbocycles. The van der Waals surface area contributed by atoms with E-state index < -0.39 is 74.6 Å². The number of rotatable bonds is 41. The Bertz CT molecular complexity index is 7070. The highest BCUT2D eigenvalue weighted by atomic mass is 35.5. The largest absolute Gasteiger partial charge is 0.493 e. The summed E-state index contributed by atoms with van der Waals surface area (Å²) in [5, 5.41) is 12.9. The van der Waals surface area contributed by atoms with Crippen molar-refractivity contribution < 1.29 is 78.0 Å². The molecule has 4 atom stereocenters. The lowest BCUT2D eigenvalue weighted by Crippen LogP contribution is -2.40. The molecule has 33 heteroatoms. The number of methoxy groups -OCH3 is 2. The summed E-state index contributed by atoms with van der Waals surface area (Å²) in [5.41, 5.74) is 19.0. The summed E-state index contributed by atoms with van der Waals surface area (Å²) in [5.74, 6) is -0.880. The van der Waals surface area contributed by atoms with Crippen LogP contribution in [0.4, 0.5) is 35.1 Å². The van der Waals surface area contributed by atoms with E-state index >= 15 is 17.6 Å². The van der Waals surface area contributed by atoms with E-state index in [9.17, 15) is 41.5 Å². The number of alkyl halides is 4. The van der Waals surface area contributed by atoms with Crippen molar-refractivity contribution in [3.05, 3.63) is 375 Å². The maximum absolute atomic E-state index is 16.6. The molecule has 0 aliphatic heterocycles. The molecule has 0 radical (unpaired) electrons. The number of Topliss-reactive ketones (excluding diaryl/α,β-unsaturated/α-hetero) is 5. The highest BCUT2D eigenvalue weighted by Gasteiger charge is 2.39. The van der Waals surface area contributed by atoms with Gasteiger partial charge in [0.05, 0.1) is 118 Å². The quantitative estimate of drug-likeness (QED) is 0.00781. The number of halogens is 12. The number of nitrogens with zero attached hydrogens (tertiary/aromatic N) is 7. The van der Waals surface area contributed by atoms with Crippen LogP contribution in [0.2, 0.25) is 20.1 Å². The number of aromatic nitrogens is 4. The van der Waals surface area contributed by atoms with Gasteiger partial charge in [0.25, 0.3) is 0 Å². The maximum Gasteiger partial charge on any atom is 0.176 e. The number of ketones is 5. The van der Waals surface area contributed by atoms with Crippen LogP contribution in [0.25, 0.3) is 55.5 Å². The van der Waals surface area contributed by atoms with Crippen molar-refractivity contribution >= 4 is 75.3 Å². The van der Waals surface area contributed by atoms with E-state index in [-0.39, 0.29) is 136 Å². The number of hydrogen-bond acceptors (Lipinski definition) is 19. The van der Waals surface area contributed by atoms with E-state index in [1.54, 1.807) is 159 Å². The molecule has 9 aromatic carbocycles. The first-order valence-corrected chi connectivity index (χ1v) is 49.8. The minimum Gasteiger partial charge on any atom is -0.493 e. The standard InChI is InChI=1S/C37H37ClF2N2O4.C29H31ClF2N2O3.C25H24ClF2N5O.C25H26ClF2N3O/c1-36(2,41-22-32(44)23-8-6-5-7-9-23)26-20-30(24-10-14-29(39)28(38)18-24)42-35(21-26)37(3,40)17-16-31(43)25-11-15-33(34(19-25)45-4)46-27-12-13-27;1-28(2,33)19-15-23(17-5-9-22(31)21(30)13-17)34-27(16-19)29(3,32)12-11-24(35)18-6-10-25(26(14-18)36-4)37-20-7-8-20;1-24(2,30-14-22(34)16-7-5-4-6-8-16)18-12-21(17-9-10-20(27)19(26)11-17)32-23(13-18)25(3,28)15-31-33-29;1-24(2,30-14-22(32)16-7-5-4-6-8-16)18-12-21(17-9-10-20(27)19(26)11-17)31-23(13-18)25(3,28)15-29/h5-11,14-15,18-21,27,41H,12-13,16-17,22H2,1-4H3;5-6,9-10,13-16,20H,7-8,11-12,33H2,1-4H3;4-13,30H,14-15H2,1-3H3;4-13,30H,14-15,29H2,1-3H3. The second-order valence-corrected chi connectivity index (χ2v) is 41.3. The van der Waals surface area contributed by atoms with Crippen LogP contribution in [0.5, 0.6) is 23.0 Å². The zero-order valence-electron chi connectivity index (χ0n) is 85.0. The molecule has 4 aromatic heterocycles. The van der Waals surface area contributed by atoms with Gasteiger partial charge in [0.1, 0.15) is 34.6 Å². The number of carbonyl (C=O) groups excluding carboxylic acids is 5. The Hall–Kier alpha value is -13.2. The number of ether oxygens (including phenoxy) is 4. The van der Waals surface area contributed by atoms with Gasteiger partial charge in [0.2, 0.25) is 0 Å². The van der Waals surface area contributed by atoms with E-state index in [1.807, 2.05) is 71.9 Å². The normalized spacial score (nSPS) is 14.1. The molecule has 4 unspecified atom stereocenters. The topological polar surface area (TPSA) is 311 Å². The molecule has 0 spiro atoms. The predicted molar refractivity (Wildman–Crippen MR) is 569 cm³/mol. The van der Waals surface area contributed by atoms with E-state index in [1.165, 1.54) is 115 Å². The molecule has 2 fully saturated rings. The van der Waals surface area contributed by atoms with Gasteiger partial charge in [-0.2, -0.15) is 0 Å². The van der Waals surface area contributed by atoms with Crippen LogP contribution < -0.4 is 46.4 Å². The van der Waals surface area contributed by atoms with Crippen molar-refractivity contribution in [2.75, 3.05) is 46.9 Å². The summed E-state index contributed by atoms with van der Waals surface area (Å²) < 4.78 is 141. The van der Waals surface area contributed by atoms with Crippen molar-refractivity contribution in [1.82, 2.24) is 35.9 Å². The van der Waals surface area contributed by atoms with E-state index in [0.29, 0.717) is 118 Å². The number of nitrogens with two attached hydrogens (primary N) is 2. The molecule has 0 saturated heterocycles. The molecular weight excluding hydrogens is 2000 g/mol. The average molecular weight is 2120 g/mol. The van der Waals surface area contributed by atoms with Crippen LogP contribution in [-0.2, 0) is 44.8 Å². The fraction of sp³-hybridized carbons (Fsp3) is 0.319. The lowest BCUT2D eigenvalue weighted by Gasteiger charge is -2.29. The van der Waals surface area contributed by atoms with Crippen LogP contribution in [0.1, 0.15) is 231 Å². The molecule has 780 valence electrons. The maximum atomic E-state index is 16.6. The van der Waals surface area contributed by atoms with E-state index in [4.69, 9.17) is 82.3 Å². The molecule has 2 aliphatic carbocycles. The van der Waals surface area contributed by atoms with E-state index in [2.05, 4.69) is 45.9 Å². The Morgan fingerprint density at radius 3 is 0.919 bits per heavy atom. The van der Waals surface area contributed by atoms with Crippen LogP contribution in [0.15, 0.2) is 254 Å². The SMILES string of the molecule is CC(F)(CN)c1cc(C(C)(C)NCC(=O)c2ccccc2)cc(-c2ccc(F)c(Cl)c2)n1.CC(F)(CN=[N+]=[N-])c1cc(C(C)(C)NCC(=O)c2ccccc2)cc(-c2ccc(F)c(Cl)c2)n1.COc1cc(C(=O)CCC(C)(F)c2cc(C(C)(C)N)cc(-c3ccc(F)c(Cl)c3)n2)ccc1OC1CC1.COc1cc(C(=O)CCC(C)(F)c2cc(C(C)(C)NCC(=O)c3ccccc3)cc(-c3ccc(F)c(Cl)c3)n2)ccc1OC1CC1. The highest BCUT2D eigenvalue weighted by Crippen LogP contribution is 2.44. The van der Waals surface area contributed by atoms with Crippen LogP contribution in [0, 0.1) is 23.3 Å². The van der Waals surface area contributed by atoms with Gasteiger partial charge in [-0.05, 0) is 307 Å². The van der Waals surface area contributed by atoms with Gasteiger partial charge in [-0.15, -0.1) is 0 Å². The number of azide groups is 1. The van der Waals surface area contributed by atoms with Crippen molar-refractivity contribution in [2.24, 2.45) is 16.6 Å². The molecule has 21 nitrogen and oxygen atoms in total. The highest BCUT2D eigenvalue weighted by molar-refractivity contribution is 6.32. The van der Waals surface area contributed by atoms with Gasteiger partial charge >= 0.3 is 0 Å². The van der Waals surface area contributed by atoms with Gasteiger partial charge in [0, 0.05) is 96.5 Å². The minimum absolute atomic E-state index is 0.0390. The van der Waals surface area contributed by atoms with Gasteiger partial charge in [-0.25, -0.2) is 55.1 Å². The Kier molecular flexibility index (Phi) is 37.7. The first-order valence-electron chi connectivity index (χ1n) is 48.2. The number of carbonyl (C=O) groups is 5. The molecule has 2 aliphatic rings. The summed E-state index contributed by atoms with van der Waals surface area (Å²) in [6.07, 6.45) is 3.98. The third-order valence-electron chi connectivity index (χ3n) is 25.6. The Balaban J connectivity index is 0.000000178. The van der Waals surface area contributed by atoms with Crippen molar-refractivity contribution in [3.63, 3.8) is 0 Å². The van der Waals surface area contributed by atoms with Gasteiger partial charge in [0.15, 0.2) is 63.3 Å². The number of pyridine rings is 4. The molecular formula is C116H118Cl4F8N12O9. The first-order chi connectivity index (χ1) is 70.3. The monoisotopic (exact) mass is 2110 g/mol. The van der Waals surface area contributed by atoms with Crippen molar-refractivity contribution in [1.29, 1.82) is 0 Å². The summed E-state index contributed by atoms with van der Waals surface area (Å²) >= 11 is 24.0.